The number of rotatable bonds is 5. The molecule has 0 unspecified atom stereocenters. The van der Waals surface area contributed by atoms with Crippen molar-refractivity contribution in [2.45, 2.75) is 54.6 Å². The lowest BCUT2D eigenvalue weighted by Gasteiger charge is -2.12. The maximum absolute atomic E-state index is 5.65. The van der Waals surface area contributed by atoms with E-state index in [-0.39, 0.29) is 6.10 Å². The van der Waals surface area contributed by atoms with Gasteiger partial charge in [0.25, 0.3) is 0 Å². The molecule has 1 heterocycles. The number of hydrogen-bond acceptors (Lipinski definition) is 4. The molecule has 4 heteroatoms. The topological polar surface area (TPSA) is 47.0 Å². The van der Waals surface area contributed by atoms with Crippen LogP contribution in [-0.4, -0.2) is 22.6 Å². The molecule has 112 valence electrons. The zero-order chi connectivity index (χ0) is 15.1. The second kappa shape index (κ2) is 4.90. The highest BCUT2D eigenvalue weighted by molar-refractivity contribution is 5.32. The zero-order valence-corrected chi connectivity index (χ0v) is 13.7. The van der Waals surface area contributed by atoms with E-state index in [9.17, 15) is 0 Å². The predicted molar refractivity (Wildman–Crippen MR) is 82.1 cm³/mol. The SMILES string of the molecule is Cc1cc(OC(C)C)nc(NCC2C(C)(C)C2(C)C)n1. The Bertz CT molecular complexity index is 480. The summed E-state index contributed by atoms with van der Waals surface area (Å²) >= 11 is 0. The highest BCUT2D eigenvalue weighted by atomic mass is 16.5. The van der Waals surface area contributed by atoms with Crippen molar-refractivity contribution in [3.63, 3.8) is 0 Å². The molecular formula is C16H27N3O. The molecule has 1 aromatic heterocycles. The Hall–Kier alpha value is -1.32. The first kappa shape index (κ1) is 15.1. The Morgan fingerprint density at radius 3 is 2.30 bits per heavy atom. The zero-order valence-electron chi connectivity index (χ0n) is 13.7. The van der Waals surface area contributed by atoms with Crippen molar-refractivity contribution >= 4 is 5.95 Å². The average Bonchev–Trinajstić information content (AvgIpc) is 2.64. The molecule has 0 amide bonds. The third-order valence-corrected chi connectivity index (χ3v) is 4.97. The summed E-state index contributed by atoms with van der Waals surface area (Å²) in [5.74, 6) is 1.96. The van der Waals surface area contributed by atoms with E-state index in [1.165, 1.54) is 0 Å². The number of anilines is 1. The summed E-state index contributed by atoms with van der Waals surface area (Å²) in [6.07, 6.45) is 0.124. The van der Waals surface area contributed by atoms with Crippen LogP contribution in [-0.2, 0) is 0 Å². The van der Waals surface area contributed by atoms with Gasteiger partial charge >= 0.3 is 0 Å². The average molecular weight is 277 g/mol. The Labute approximate surface area is 122 Å². The summed E-state index contributed by atoms with van der Waals surface area (Å²) < 4.78 is 5.65. The minimum absolute atomic E-state index is 0.124. The van der Waals surface area contributed by atoms with Gasteiger partial charge in [0.15, 0.2) is 0 Å². The number of nitrogens with one attached hydrogen (secondary N) is 1. The summed E-state index contributed by atoms with van der Waals surface area (Å²) in [7, 11) is 0. The van der Waals surface area contributed by atoms with Gasteiger partial charge < -0.3 is 10.1 Å². The largest absolute Gasteiger partial charge is 0.475 e. The van der Waals surface area contributed by atoms with Crippen molar-refractivity contribution in [2.75, 3.05) is 11.9 Å². The van der Waals surface area contributed by atoms with E-state index in [0.717, 1.165) is 12.2 Å². The Morgan fingerprint density at radius 1 is 1.20 bits per heavy atom. The summed E-state index contributed by atoms with van der Waals surface area (Å²) in [5, 5.41) is 3.37. The van der Waals surface area contributed by atoms with E-state index in [1.54, 1.807) is 0 Å². The van der Waals surface area contributed by atoms with Gasteiger partial charge in [-0.3, -0.25) is 0 Å². The van der Waals surface area contributed by atoms with E-state index >= 15 is 0 Å². The maximum Gasteiger partial charge on any atom is 0.226 e. The molecule has 2 rings (SSSR count). The molecule has 1 aromatic rings. The van der Waals surface area contributed by atoms with Crippen LogP contribution in [0.4, 0.5) is 5.95 Å². The number of nitrogens with zero attached hydrogens (tertiary/aromatic N) is 2. The molecular weight excluding hydrogens is 250 g/mol. The molecule has 1 aliphatic rings. The Kier molecular flexibility index (Phi) is 3.69. The molecule has 0 aliphatic heterocycles. The summed E-state index contributed by atoms with van der Waals surface area (Å²) in [6.45, 7) is 16.2. The summed E-state index contributed by atoms with van der Waals surface area (Å²) in [4.78, 5) is 8.86. The molecule has 0 atom stereocenters. The van der Waals surface area contributed by atoms with Crippen LogP contribution in [0.15, 0.2) is 6.07 Å². The van der Waals surface area contributed by atoms with E-state index < -0.39 is 0 Å². The number of hydrogen-bond donors (Lipinski definition) is 1. The number of aryl methyl sites for hydroxylation is 1. The lowest BCUT2D eigenvalue weighted by atomic mass is 10.0. The second-order valence-corrected chi connectivity index (χ2v) is 7.21. The fraction of sp³-hybridized carbons (Fsp3) is 0.750. The van der Waals surface area contributed by atoms with Crippen LogP contribution in [0.2, 0.25) is 0 Å². The molecule has 0 bridgehead atoms. The highest BCUT2D eigenvalue weighted by Gasteiger charge is 2.64. The molecule has 1 N–H and O–H groups in total. The van der Waals surface area contributed by atoms with Crippen molar-refractivity contribution < 1.29 is 4.74 Å². The molecule has 0 radical (unpaired) electrons. The third-order valence-electron chi connectivity index (χ3n) is 4.97. The number of ether oxygens (including phenoxy) is 1. The van der Waals surface area contributed by atoms with Gasteiger partial charge in [-0.15, -0.1) is 0 Å². The van der Waals surface area contributed by atoms with Crippen LogP contribution < -0.4 is 10.1 Å². The highest BCUT2D eigenvalue weighted by Crippen LogP contribution is 2.68. The van der Waals surface area contributed by atoms with Gasteiger partial charge in [-0.05, 0) is 37.5 Å². The molecule has 4 nitrogen and oxygen atoms in total. The second-order valence-electron chi connectivity index (χ2n) is 7.21. The van der Waals surface area contributed by atoms with Crippen molar-refractivity contribution in [1.82, 2.24) is 9.97 Å². The van der Waals surface area contributed by atoms with Gasteiger partial charge in [0, 0.05) is 18.3 Å². The van der Waals surface area contributed by atoms with Crippen LogP contribution in [0.25, 0.3) is 0 Å². The smallest absolute Gasteiger partial charge is 0.226 e. The molecule has 1 saturated carbocycles. The monoisotopic (exact) mass is 277 g/mol. The molecule has 0 saturated heterocycles. The first-order valence-electron chi connectivity index (χ1n) is 7.41. The van der Waals surface area contributed by atoms with E-state index in [4.69, 9.17) is 4.74 Å². The first-order valence-corrected chi connectivity index (χ1v) is 7.41. The van der Waals surface area contributed by atoms with Gasteiger partial charge in [-0.25, -0.2) is 4.98 Å². The summed E-state index contributed by atoms with van der Waals surface area (Å²) in [5.41, 5.74) is 1.68. The Morgan fingerprint density at radius 2 is 1.80 bits per heavy atom. The minimum Gasteiger partial charge on any atom is -0.475 e. The fourth-order valence-corrected chi connectivity index (χ4v) is 2.96. The van der Waals surface area contributed by atoms with Crippen molar-refractivity contribution in [3.8, 4) is 5.88 Å². The standard InChI is InChI=1S/C16H27N3O/c1-10(2)20-13-8-11(3)18-14(19-13)17-9-12-15(4,5)16(12,6)7/h8,10,12H,9H2,1-7H3,(H,17,18,19). The minimum atomic E-state index is 0.124. The molecule has 0 aromatic carbocycles. The van der Waals surface area contributed by atoms with Gasteiger partial charge in [-0.2, -0.15) is 4.98 Å². The van der Waals surface area contributed by atoms with Crippen molar-refractivity contribution in [1.29, 1.82) is 0 Å². The van der Waals surface area contributed by atoms with Crippen molar-refractivity contribution in [3.05, 3.63) is 11.8 Å². The van der Waals surface area contributed by atoms with Gasteiger partial charge in [-0.1, -0.05) is 27.7 Å². The third kappa shape index (κ3) is 2.74. The lowest BCUT2D eigenvalue weighted by molar-refractivity contribution is 0.232. The normalized spacial score (nSPS) is 20.0. The van der Waals surface area contributed by atoms with Gasteiger partial charge in [0.05, 0.1) is 6.10 Å². The Balaban J connectivity index is 2.02. The first-order chi connectivity index (χ1) is 9.14. The predicted octanol–water partition coefficient (Wildman–Crippen LogP) is 3.67. The van der Waals surface area contributed by atoms with Gasteiger partial charge in [0.1, 0.15) is 0 Å². The lowest BCUT2D eigenvalue weighted by Crippen LogP contribution is -2.13. The van der Waals surface area contributed by atoms with E-state index in [0.29, 0.717) is 28.6 Å². The van der Waals surface area contributed by atoms with Crippen LogP contribution >= 0.6 is 0 Å². The van der Waals surface area contributed by atoms with Crippen molar-refractivity contribution in [2.24, 2.45) is 16.7 Å². The van der Waals surface area contributed by atoms with Crippen LogP contribution in [0, 0.1) is 23.7 Å². The fourth-order valence-electron chi connectivity index (χ4n) is 2.96. The van der Waals surface area contributed by atoms with Crippen LogP contribution in [0.1, 0.15) is 47.2 Å². The molecule has 1 aliphatic carbocycles. The quantitative estimate of drug-likeness (QED) is 0.892. The van der Waals surface area contributed by atoms with Gasteiger partial charge in [0.2, 0.25) is 11.8 Å². The molecule has 1 fully saturated rings. The summed E-state index contributed by atoms with van der Waals surface area (Å²) in [6, 6.07) is 1.87. The van der Waals surface area contributed by atoms with Crippen LogP contribution in [0.5, 0.6) is 5.88 Å². The van der Waals surface area contributed by atoms with E-state index in [1.807, 2.05) is 26.8 Å². The van der Waals surface area contributed by atoms with Crippen LogP contribution in [0.3, 0.4) is 0 Å². The molecule has 0 spiro atoms. The molecule has 20 heavy (non-hydrogen) atoms. The maximum atomic E-state index is 5.65. The number of aromatic nitrogens is 2. The van der Waals surface area contributed by atoms with E-state index in [2.05, 4.69) is 43.0 Å².